The SMILES string of the molecule is Cc1cn(CCC(C)C)c(C)n1. The van der Waals surface area contributed by atoms with Crippen molar-refractivity contribution in [3.8, 4) is 0 Å². The first-order valence-electron chi connectivity index (χ1n) is 4.60. The van der Waals surface area contributed by atoms with E-state index >= 15 is 0 Å². The van der Waals surface area contributed by atoms with E-state index in [0.717, 1.165) is 24.0 Å². The molecule has 1 aromatic rings. The van der Waals surface area contributed by atoms with E-state index in [1.807, 2.05) is 6.92 Å². The van der Waals surface area contributed by atoms with Crippen LogP contribution in [0.1, 0.15) is 31.8 Å². The van der Waals surface area contributed by atoms with Crippen LogP contribution in [0.3, 0.4) is 0 Å². The molecular weight excluding hydrogens is 148 g/mol. The zero-order chi connectivity index (χ0) is 9.14. The van der Waals surface area contributed by atoms with Crippen LogP contribution in [0.15, 0.2) is 6.20 Å². The maximum absolute atomic E-state index is 4.35. The lowest BCUT2D eigenvalue weighted by molar-refractivity contribution is 0.510. The van der Waals surface area contributed by atoms with Gasteiger partial charge < -0.3 is 4.57 Å². The molecular formula is C10H18N2. The lowest BCUT2D eigenvalue weighted by atomic mass is 10.1. The van der Waals surface area contributed by atoms with Crippen LogP contribution < -0.4 is 0 Å². The van der Waals surface area contributed by atoms with Gasteiger partial charge in [0.1, 0.15) is 5.82 Å². The number of hydrogen-bond donors (Lipinski definition) is 0. The number of hydrogen-bond acceptors (Lipinski definition) is 1. The molecule has 2 nitrogen and oxygen atoms in total. The van der Waals surface area contributed by atoms with Gasteiger partial charge in [-0.15, -0.1) is 0 Å². The van der Waals surface area contributed by atoms with E-state index in [1.165, 1.54) is 6.42 Å². The normalized spacial score (nSPS) is 11.1. The third-order valence-corrected chi connectivity index (χ3v) is 2.04. The Labute approximate surface area is 74.6 Å². The second-order valence-electron chi connectivity index (χ2n) is 3.81. The Morgan fingerprint density at radius 3 is 2.50 bits per heavy atom. The molecule has 0 radical (unpaired) electrons. The van der Waals surface area contributed by atoms with Crippen LogP contribution >= 0.6 is 0 Å². The number of aryl methyl sites for hydroxylation is 3. The first kappa shape index (κ1) is 9.30. The van der Waals surface area contributed by atoms with Crippen molar-refractivity contribution in [2.75, 3.05) is 0 Å². The van der Waals surface area contributed by atoms with Crippen LogP contribution in [0.5, 0.6) is 0 Å². The number of rotatable bonds is 3. The summed E-state index contributed by atoms with van der Waals surface area (Å²) in [7, 11) is 0. The molecule has 0 saturated heterocycles. The maximum atomic E-state index is 4.35. The van der Waals surface area contributed by atoms with Crippen molar-refractivity contribution in [1.82, 2.24) is 9.55 Å². The van der Waals surface area contributed by atoms with Crippen molar-refractivity contribution in [3.63, 3.8) is 0 Å². The molecule has 0 fully saturated rings. The summed E-state index contributed by atoms with van der Waals surface area (Å²) in [5.41, 5.74) is 1.12. The molecule has 1 heterocycles. The van der Waals surface area contributed by atoms with Gasteiger partial charge in [-0.25, -0.2) is 4.98 Å². The molecule has 1 aromatic heterocycles. The molecule has 2 heteroatoms. The average molecular weight is 166 g/mol. The summed E-state index contributed by atoms with van der Waals surface area (Å²) in [6.07, 6.45) is 3.36. The summed E-state index contributed by atoms with van der Waals surface area (Å²) >= 11 is 0. The topological polar surface area (TPSA) is 17.8 Å². The molecule has 0 aliphatic rings. The molecule has 0 aliphatic heterocycles. The standard InChI is InChI=1S/C10H18N2/c1-8(2)5-6-12-7-9(3)11-10(12)4/h7-8H,5-6H2,1-4H3. The van der Waals surface area contributed by atoms with Gasteiger partial charge in [0.15, 0.2) is 0 Å². The predicted molar refractivity (Wildman–Crippen MR) is 51.2 cm³/mol. The van der Waals surface area contributed by atoms with Gasteiger partial charge in [-0.1, -0.05) is 13.8 Å². The fraction of sp³-hybridized carbons (Fsp3) is 0.700. The Kier molecular flexibility index (Phi) is 2.90. The smallest absolute Gasteiger partial charge is 0.105 e. The zero-order valence-corrected chi connectivity index (χ0v) is 8.46. The summed E-state index contributed by atoms with van der Waals surface area (Å²) in [5, 5.41) is 0. The zero-order valence-electron chi connectivity index (χ0n) is 8.46. The Morgan fingerprint density at radius 1 is 1.42 bits per heavy atom. The Hall–Kier alpha value is -0.790. The highest BCUT2D eigenvalue weighted by molar-refractivity contribution is 4.99. The Balaban J connectivity index is 2.57. The third-order valence-electron chi connectivity index (χ3n) is 2.04. The van der Waals surface area contributed by atoms with Gasteiger partial charge in [-0.3, -0.25) is 0 Å². The molecule has 1 rings (SSSR count). The van der Waals surface area contributed by atoms with Gasteiger partial charge in [0.2, 0.25) is 0 Å². The fourth-order valence-electron chi connectivity index (χ4n) is 1.29. The molecule has 12 heavy (non-hydrogen) atoms. The Morgan fingerprint density at radius 2 is 2.08 bits per heavy atom. The summed E-state index contributed by atoms with van der Waals surface area (Å²) in [6.45, 7) is 9.70. The van der Waals surface area contributed by atoms with Gasteiger partial charge in [-0.2, -0.15) is 0 Å². The molecule has 0 amide bonds. The van der Waals surface area contributed by atoms with Crippen molar-refractivity contribution in [1.29, 1.82) is 0 Å². The summed E-state index contributed by atoms with van der Waals surface area (Å²) in [6, 6.07) is 0. The monoisotopic (exact) mass is 166 g/mol. The van der Waals surface area contributed by atoms with Crippen LogP contribution in [-0.4, -0.2) is 9.55 Å². The summed E-state index contributed by atoms with van der Waals surface area (Å²) in [5.74, 6) is 1.90. The molecule has 0 unspecified atom stereocenters. The van der Waals surface area contributed by atoms with E-state index in [9.17, 15) is 0 Å². The highest BCUT2D eigenvalue weighted by Gasteiger charge is 2.00. The molecule has 0 spiro atoms. The predicted octanol–water partition coefficient (Wildman–Crippen LogP) is 2.55. The Bertz CT molecular complexity index is 248. The van der Waals surface area contributed by atoms with E-state index in [1.54, 1.807) is 0 Å². The first-order chi connectivity index (χ1) is 5.59. The van der Waals surface area contributed by atoms with Crippen LogP contribution in [0.2, 0.25) is 0 Å². The second kappa shape index (κ2) is 3.74. The van der Waals surface area contributed by atoms with Crippen LogP contribution in [0.4, 0.5) is 0 Å². The van der Waals surface area contributed by atoms with Crippen molar-refractivity contribution >= 4 is 0 Å². The van der Waals surface area contributed by atoms with E-state index < -0.39 is 0 Å². The van der Waals surface area contributed by atoms with Gasteiger partial charge in [0.05, 0.1) is 5.69 Å². The molecule has 0 aliphatic carbocycles. The van der Waals surface area contributed by atoms with E-state index in [4.69, 9.17) is 0 Å². The van der Waals surface area contributed by atoms with Crippen molar-refractivity contribution in [2.45, 2.75) is 40.7 Å². The van der Waals surface area contributed by atoms with Crippen molar-refractivity contribution in [3.05, 3.63) is 17.7 Å². The largest absolute Gasteiger partial charge is 0.335 e. The van der Waals surface area contributed by atoms with Gasteiger partial charge >= 0.3 is 0 Å². The highest BCUT2D eigenvalue weighted by Crippen LogP contribution is 2.06. The molecule has 0 aromatic carbocycles. The van der Waals surface area contributed by atoms with Gasteiger partial charge in [0, 0.05) is 12.7 Å². The van der Waals surface area contributed by atoms with Crippen LogP contribution in [0, 0.1) is 19.8 Å². The molecule has 0 saturated carbocycles. The maximum Gasteiger partial charge on any atom is 0.105 e. The molecule has 0 N–H and O–H groups in total. The number of nitrogens with zero attached hydrogens (tertiary/aromatic N) is 2. The number of imidazole rings is 1. The lowest BCUT2D eigenvalue weighted by Gasteiger charge is -2.06. The minimum absolute atomic E-state index is 0.770. The number of aromatic nitrogens is 2. The molecule has 68 valence electrons. The van der Waals surface area contributed by atoms with Crippen molar-refractivity contribution < 1.29 is 0 Å². The lowest BCUT2D eigenvalue weighted by Crippen LogP contribution is -2.02. The van der Waals surface area contributed by atoms with E-state index in [-0.39, 0.29) is 0 Å². The van der Waals surface area contributed by atoms with E-state index in [2.05, 4.69) is 36.5 Å². The van der Waals surface area contributed by atoms with Crippen LogP contribution in [-0.2, 0) is 6.54 Å². The minimum atomic E-state index is 0.770. The van der Waals surface area contributed by atoms with Crippen molar-refractivity contribution in [2.24, 2.45) is 5.92 Å². The molecule has 0 atom stereocenters. The quantitative estimate of drug-likeness (QED) is 0.674. The fourth-order valence-corrected chi connectivity index (χ4v) is 1.29. The average Bonchev–Trinajstić information content (AvgIpc) is 2.26. The van der Waals surface area contributed by atoms with Gasteiger partial charge in [0.25, 0.3) is 0 Å². The first-order valence-corrected chi connectivity index (χ1v) is 4.60. The van der Waals surface area contributed by atoms with Gasteiger partial charge in [-0.05, 0) is 26.2 Å². The second-order valence-corrected chi connectivity index (χ2v) is 3.81. The third kappa shape index (κ3) is 2.36. The minimum Gasteiger partial charge on any atom is -0.335 e. The van der Waals surface area contributed by atoms with Crippen LogP contribution in [0.25, 0.3) is 0 Å². The summed E-state index contributed by atoms with van der Waals surface area (Å²) < 4.78 is 2.23. The summed E-state index contributed by atoms with van der Waals surface area (Å²) in [4.78, 5) is 4.35. The van der Waals surface area contributed by atoms with E-state index in [0.29, 0.717) is 0 Å². The molecule has 0 bridgehead atoms. The highest BCUT2D eigenvalue weighted by atomic mass is 15.1.